The van der Waals surface area contributed by atoms with E-state index in [-0.39, 0.29) is 11.4 Å². The molecule has 5 rings (SSSR count). The van der Waals surface area contributed by atoms with Crippen molar-refractivity contribution in [2.24, 2.45) is 0 Å². The zero-order valence-corrected chi connectivity index (χ0v) is 20.7. The molecule has 0 bridgehead atoms. The molecule has 2 N–H and O–H groups in total. The van der Waals surface area contributed by atoms with Crippen LogP contribution >= 0.6 is 11.6 Å². The molecule has 0 amide bonds. The number of anilines is 2. The number of fused-ring (bicyclic) bond motifs is 1. The highest BCUT2D eigenvalue weighted by Gasteiger charge is 2.18. The minimum Gasteiger partial charge on any atom is -0.493 e. The Labute approximate surface area is 212 Å². The Balaban J connectivity index is 1.36. The van der Waals surface area contributed by atoms with Crippen LogP contribution in [0.2, 0.25) is 5.28 Å². The quantitative estimate of drug-likeness (QED) is 0.346. The van der Waals surface area contributed by atoms with Crippen molar-refractivity contribution in [3.05, 3.63) is 48.0 Å². The van der Waals surface area contributed by atoms with E-state index in [1.807, 2.05) is 24.3 Å². The number of rotatable bonds is 9. The number of benzene rings is 2. The van der Waals surface area contributed by atoms with E-state index in [0.717, 1.165) is 30.5 Å². The van der Waals surface area contributed by atoms with Gasteiger partial charge in [-0.25, -0.2) is 15.0 Å². The van der Waals surface area contributed by atoms with Crippen molar-refractivity contribution in [2.75, 3.05) is 45.8 Å². The highest BCUT2D eigenvalue weighted by Crippen LogP contribution is 2.41. The normalized spacial score (nSPS) is 15.6. The first-order valence-electron chi connectivity index (χ1n) is 11.5. The highest BCUT2D eigenvalue weighted by molar-refractivity contribution is 6.29. The Kier molecular flexibility index (Phi) is 7.31. The van der Waals surface area contributed by atoms with Gasteiger partial charge in [0.05, 0.1) is 44.6 Å². The number of nitrogens with zero attached hydrogens (tertiary/aromatic N) is 5. The van der Waals surface area contributed by atoms with Gasteiger partial charge in [-0.1, -0.05) is 12.1 Å². The number of hydrogen-bond acceptors (Lipinski definition) is 10. The molecule has 2 aromatic heterocycles. The first-order valence-corrected chi connectivity index (χ1v) is 11.8. The van der Waals surface area contributed by atoms with Gasteiger partial charge in [0.25, 0.3) is 0 Å². The first kappa shape index (κ1) is 24.0. The minimum absolute atomic E-state index is 0.121. The molecule has 1 atom stereocenters. The number of methoxy groups -OCH3 is 2. The molecule has 1 saturated heterocycles. The van der Waals surface area contributed by atoms with E-state index in [4.69, 9.17) is 30.5 Å². The van der Waals surface area contributed by atoms with Gasteiger partial charge in [0.1, 0.15) is 6.33 Å². The first-order chi connectivity index (χ1) is 17.7. The molecule has 36 heavy (non-hydrogen) atoms. The summed E-state index contributed by atoms with van der Waals surface area (Å²) < 4.78 is 24.6. The minimum atomic E-state index is 0.121. The van der Waals surface area contributed by atoms with Gasteiger partial charge in [-0.05, 0) is 23.7 Å². The van der Waals surface area contributed by atoms with E-state index in [1.165, 1.54) is 6.33 Å². The average molecular weight is 512 g/mol. The maximum Gasteiger partial charge on any atom is 0.241 e. The number of morpholine rings is 1. The van der Waals surface area contributed by atoms with Gasteiger partial charge >= 0.3 is 0 Å². The van der Waals surface area contributed by atoms with E-state index in [1.54, 1.807) is 30.9 Å². The predicted octanol–water partition coefficient (Wildman–Crippen LogP) is 3.38. The maximum absolute atomic E-state index is 6.38. The highest BCUT2D eigenvalue weighted by atomic mass is 35.5. The van der Waals surface area contributed by atoms with Gasteiger partial charge < -0.3 is 29.6 Å². The second-order valence-electron chi connectivity index (χ2n) is 7.98. The zero-order valence-electron chi connectivity index (χ0n) is 19.9. The van der Waals surface area contributed by atoms with Crippen LogP contribution in [0, 0.1) is 0 Å². The third-order valence-corrected chi connectivity index (χ3v) is 5.94. The summed E-state index contributed by atoms with van der Waals surface area (Å²) in [4.78, 5) is 17.4. The van der Waals surface area contributed by atoms with Gasteiger partial charge in [0.2, 0.25) is 22.9 Å². The molecule has 4 aromatic rings. The summed E-state index contributed by atoms with van der Waals surface area (Å²) in [7, 11) is 3.15. The summed E-state index contributed by atoms with van der Waals surface area (Å²) in [5.41, 5.74) is 2.18. The predicted molar refractivity (Wildman–Crippen MR) is 135 cm³/mol. The molecule has 1 unspecified atom stereocenters. The van der Waals surface area contributed by atoms with Crippen LogP contribution in [0.4, 0.5) is 11.6 Å². The molecule has 11 nitrogen and oxygen atoms in total. The van der Waals surface area contributed by atoms with Crippen LogP contribution in [-0.2, 0) is 4.74 Å². The van der Waals surface area contributed by atoms with Crippen LogP contribution < -0.4 is 24.8 Å². The monoisotopic (exact) mass is 511 g/mol. The van der Waals surface area contributed by atoms with Crippen LogP contribution in [0.15, 0.2) is 42.7 Å². The van der Waals surface area contributed by atoms with E-state index in [2.05, 4.69) is 30.6 Å². The molecule has 0 aliphatic carbocycles. The Morgan fingerprint density at radius 3 is 2.69 bits per heavy atom. The third kappa shape index (κ3) is 5.13. The number of nitrogens with one attached hydrogen (secondary N) is 2. The van der Waals surface area contributed by atoms with Crippen molar-refractivity contribution < 1.29 is 18.9 Å². The van der Waals surface area contributed by atoms with E-state index < -0.39 is 0 Å². The number of para-hydroxylation sites is 2. The standard InChI is InChI=1S/C24H26ClN7O4/c1-33-19-11-15(12-20(34-2)21(19)36-9-7-16-13-26-8-10-35-16)29-23-27-14-28-24(31-23)32-18-6-4-3-5-17(18)30-22(32)25/h3-6,11-12,14,16,26H,7-10,13H2,1-2H3,(H,27,28,29,31). The Morgan fingerprint density at radius 1 is 1.14 bits per heavy atom. The van der Waals surface area contributed by atoms with Crippen LogP contribution in [0.1, 0.15) is 6.42 Å². The lowest BCUT2D eigenvalue weighted by atomic mass is 10.2. The van der Waals surface area contributed by atoms with Crippen LogP contribution in [0.25, 0.3) is 17.0 Å². The fraction of sp³-hybridized carbons (Fsp3) is 0.333. The molecular weight excluding hydrogens is 486 g/mol. The van der Waals surface area contributed by atoms with Crippen molar-refractivity contribution in [3.63, 3.8) is 0 Å². The zero-order chi connectivity index (χ0) is 24.9. The molecule has 12 heteroatoms. The summed E-state index contributed by atoms with van der Waals surface area (Å²) in [5.74, 6) is 2.19. The average Bonchev–Trinajstić information content (AvgIpc) is 3.25. The molecule has 0 spiro atoms. The third-order valence-electron chi connectivity index (χ3n) is 5.69. The van der Waals surface area contributed by atoms with Crippen molar-refractivity contribution in [3.8, 4) is 23.2 Å². The summed E-state index contributed by atoms with van der Waals surface area (Å²) in [6, 6.07) is 11.2. The smallest absolute Gasteiger partial charge is 0.241 e. The van der Waals surface area contributed by atoms with Crippen LogP contribution in [-0.4, -0.2) is 71.1 Å². The fourth-order valence-electron chi connectivity index (χ4n) is 3.96. The van der Waals surface area contributed by atoms with Crippen molar-refractivity contribution >= 4 is 34.3 Å². The topological polar surface area (TPSA) is 117 Å². The van der Waals surface area contributed by atoms with Gasteiger partial charge in [-0.2, -0.15) is 4.98 Å². The lowest BCUT2D eigenvalue weighted by Gasteiger charge is -2.24. The molecule has 1 fully saturated rings. The maximum atomic E-state index is 6.38. The van der Waals surface area contributed by atoms with Gasteiger partial charge in [0, 0.05) is 37.3 Å². The summed E-state index contributed by atoms with van der Waals surface area (Å²) in [5, 5.41) is 6.75. The number of ether oxygens (including phenoxy) is 4. The van der Waals surface area contributed by atoms with Crippen molar-refractivity contribution in [1.82, 2.24) is 29.8 Å². The van der Waals surface area contributed by atoms with E-state index in [9.17, 15) is 0 Å². The number of imidazole rings is 1. The van der Waals surface area contributed by atoms with E-state index >= 15 is 0 Å². The SMILES string of the molecule is COc1cc(Nc2ncnc(-n3c(Cl)nc4ccccc43)n2)cc(OC)c1OCCC1CNCCO1. The molecule has 0 radical (unpaired) electrons. The molecule has 1 aliphatic rings. The largest absolute Gasteiger partial charge is 0.493 e. The summed E-state index contributed by atoms with van der Waals surface area (Å²) in [6.45, 7) is 2.86. The Morgan fingerprint density at radius 2 is 1.94 bits per heavy atom. The number of halogens is 1. The number of hydrogen-bond donors (Lipinski definition) is 2. The second kappa shape index (κ2) is 10.9. The molecule has 0 saturated carbocycles. The molecular formula is C24H26ClN7O4. The Bertz CT molecular complexity index is 1320. The molecule has 188 valence electrons. The Hall–Kier alpha value is -3.67. The second-order valence-corrected chi connectivity index (χ2v) is 8.32. The van der Waals surface area contributed by atoms with Gasteiger partial charge in [0.15, 0.2) is 11.5 Å². The number of aromatic nitrogens is 5. The van der Waals surface area contributed by atoms with Crippen LogP contribution in [0.3, 0.4) is 0 Å². The molecule has 2 aromatic carbocycles. The fourth-order valence-corrected chi connectivity index (χ4v) is 4.22. The molecule has 3 heterocycles. The van der Waals surface area contributed by atoms with E-state index in [0.29, 0.717) is 48.0 Å². The van der Waals surface area contributed by atoms with Crippen LogP contribution in [0.5, 0.6) is 17.2 Å². The lowest BCUT2D eigenvalue weighted by molar-refractivity contribution is 0.0155. The molecule has 1 aliphatic heterocycles. The van der Waals surface area contributed by atoms with Crippen molar-refractivity contribution in [1.29, 1.82) is 0 Å². The van der Waals surface area contributed by atoms with Crippen molar-refractivity contribution in [2.45, 2.75) is 12.5 Å². The summed E-state index contributed by atoms with van der Waals surface area (Å²) in [6.07, 6.45) is 2.28. The van der Waals surface area contributed by atoms with Gasteiger partial charge in [-0.3, -0.25) is 4.57 Å². The summed E-state index contributed by atoms with van der Waals surface area (Å²) >= 11 is 6.38. The lowest BCUT2D eigenvalue weighted by Crippen LogP contribution is -2.39. The van der Waals surface area contributed by atoms with Gasteiger partial charge in [-0.15, -0.1) is 0 Å².